The predicted octanol–water partition coefficient (Wildman–Crippen LogP) is 3.27. The van der Waals surface area contributed by atoms with Crippen LogP contribution in [0.25, 0.3) is 0 Å². The van der Waals surface area contributed by atoms with Crippen LogP contribution in [0.2, 0.25) is 0 Å². The number of benzene rings is 1. The van der Waals surface area contributed by atoms with E-state index in [9.17, 15) is 4.79 Å². The largest absolute Gasteiger partial charge is 0.355 e. The van der Waals surface area contributed by atoms with Crippen molar-refractivity contribution < 1.29 is 4.79 Å². The van der Waals surface area contributed by atoms with E-state index in [1.165, 1.54) is 50.9 Å². The molecule has 2 saturated heterocycles. The monoisotopic (exact) mass is 403 g/mol. The topological polar surface area (TPSA) is 35.6 Å². The van der Waals surface area contributed by atoms with E-state index >= 15 is 0 Å². The van der Waals surface area contributed by atoms with Crippen LogP contribution in [-0.4, -0.2) is 73.0 Å². The number of thioether (sulfide) groups is 1. The lowest BCUT2D eigenvalue weighted by molar-refractivity contribution is -0.126. The Kier molecular flexibility index (Phi) is 9.16. The van der Waals surface area contributed by atoms with Crippen molar-refractivity contribution in [2.45, 2.75) is 44.6 Å². The Morgan fingerprint density at radius 2 is 1.79 bits per heavy atom. The van der Waals surface area contributed by atoms with E-state index in [1.807, 2.05) is 0 Å². The van der Waals surface area contributed by atoms with Crippen molar-refractivity contribution in [3.8, 4) is 0 Å². The van der Waals surface area contributed by atoms with Gasteiger partial charge in [-0.15, -0.1) is 0 Å². The van der Waals surface area contributed by atoms with E-state index in [1.54, 1.807) is 11.8 Å². The zero-order valence-electron chi connectivity index (χ0n) is 17.4. The van der Waals surface area contributed by atoms with Crippen molar-refractivity contribution in [2.24, 2.45) is 5.92 Å². The molecule has 1 aromatic rings. The van der Waals surface area contributed by atoms with Gasteiger partial charge in [-0.25, -0.2) is 0 Å². The minimum atomic E-state index is 0.233. The number of hydrogen-bond acceptors (Lipinski definition) is 4. The van der Waals surface area contributed by atoms with Crippen LogP contribution in [0.4, 0.5) is 0 Å². The molecule has 0 unspecified atom stereocenters. The molecular formula is C23H37N3OS. The Bertz CT molecular complexity index is 566. The molecule has 4 nitrogen and oxygen atoms in total. The molecule has 0 saturated carbocycles. The van der Waals surface area contributed by atoms with Gasteiger partial charge in [-0.2, -0.15) is 11.8 Å². The standard InChI is InChI=1S/C23H37N3OS/c1-28-19-13-24-23(27)21-9-17-26(18-10-21)22-11-15-25(16-12-22)14-5-8-20-6-3-2-4-7-20/h2-4,6-7,21-22H,5,8-19H2,1H3,(H,24,27). The molecule has 156 valence electrons. The first-order valence-electron chi connectivity index (χ1n) is 11.0. The van der Waals surface area contributed by atoms with Gasteiger partial charge in [0, 0.05) is 24.3 Å². The van der Waals surface area contributed by atoms with E-state index < -0.39 is 0 Å². The summed E-state index contributed by atoms with van der Waals surface area (Å²) in [5.41, 5.74) is 1.46. The van der Waals surface area contributed by atoms with Crippen LogP contribution in [0.15, 0.2) is 30.3 Å². The molecule has 0 atom stereocenters. The van der Waals surface area contributed by atoms with Crippen LogP contribution < -0.4 is 5.32 Å². The molecule has 5 heteroatoms. The fourth-order valence-corrected chi connectivity index (χ4v) is 4.91. The molecule has 2 aliphatic heterocycles. The Morgan fingerprint density at radius 3 is 2.46 bits per heavy atom. The second kappa shape index (κ2) is 11.8. The number of aryl methyl sites for hydroxylation is 1. The second-order valence-electron chi connectivity index (χ2n) is 8.26. The number of carbonyl (C=O) groups is 1. The molecule has 1 amide bonds. The maximum atomic E-state index is 12.3. The minimum Gasteiger partial charge on any atom is -0.355 e. The predicted molar refractivity (Wildman–Crippen MR) is 120 cm³/mol. The summed E-state index contributed by atoms with van der Waals surface area (Å²) in [5, 5.41) is 3.10. The second-order valence-corrected chi connectivity index (χ2v) is 9.24. The van der Waals surface area contributed by atoms with Crippen molar-refractivity contribution >= 4 is 17.7 Å². The number of nitrogens with one attached hydrogen (secondary N) is 1. The van der Waals surface area contributed by atoms with Gasteiger partial charge in [-0.05, 0) is 83.1 Å². The average Bonchev–Trinajstić information content (AvgIpc) is 2.75. The van der Waals surface area contributed by atoms with Gasteiger partial charge in [0.1, 0.15) is 0 Å². The highest BCUT2D eigenvalue weighted by Gasteiger charge is 2.30. The summed E-state index contributed by atoms with van der Waals surface area (Å²) < 4.78 is 0. The van der Waals surface area contributed by atoms with Crippen molar-refractivity contribution in [3.63, 3.8) is 0 Å². The van der Waals surface area contributed by atoms with E-state index in [4.69, 9.17) is 0 Å². The van der Waals surface area contributed by atoms with Gasteiger partial charge in [0.25, 0.3) is 0 Å². The smallest absolute Gasteiger partial charge is 0.223 e. The van der Waals surface area contributed by atoms with Gasteiger partial charge in [0.15, 0.2) is 0 Å². The average molecular weight is 404 g/mol. The number of hydrogen-bond donors (Lipinski definition) is 1. The fourth-order valence-electron chi connectivity index (χ4n) is 4.61. The lowest BCUT2D eigenvalue weighted by Gasteiger charge is -2.41. The SMILES string of the molecule is CSCCNC(=O)C1CCN(C2CCN(CCCc3ccccc3)CC2)CC1. The zero-order chi connectivity index (χ0) is 19.6. The van der Waals surface area contributed by atoms with E-state index in [0.29, 0.717) is 0 Å². The molecule has 0 spiro atoms. The minimum absolute atomic E-state index is 0.233. The van der Waals surface area contributed by atoms with E-state index in [-0.39, 0.29) is 11.8 Å². The summed E-state index contributed by atoms with van der Waals surface area (Å²) in [6, 6.07) is 11.6. The number of amides is 1. The molecule has 2 fully saturated rings. The highest BCUT2D eigenvalue weighted by atomic mass is 32.2. The normalized spacial score (nSPS) is 20.3. The number of carbonyl (C=O) groups excluding carboxylic acids is 1. The Hall–Kier alpha value is -1.04. The molecule has 0 aromatic heterocycles. The van der Waals surface area contributed by atoms with Gasteiger partial charge in [0.2, 0.25) is 5.91 Å². The summed E-state index contributed by atoms with van der Waals surface area (Å²) >= 11 is 1.79. The van der Waals surface area contributed by atoms with Gasteiger partial charge >= 0.3 is 0 Å². The Balaban J connectivity index is 1.29. The quantitative estimate of drug-likeness (QED) is 0.642. The lowest BCUT2D eigenvalue weighted by Crippen LogP contribution is -2.49. The third-order valence-electron chi connectivity index (χ3n) is 6.36. The Morgan fingerprint density at radius 1 is 1.07 bits per heavy atom. The first-order chi connectivity index (χ1) is 13.8. The van der Waals surface area contributed by atoms with Crippen molar-refractivity contribution in [3.05, 3.63) is 35.9 Å². The molecular weight excluding hydrogens is 366 g/mol. The number of nitrogens with zero attached hydrogens (tertiary/aromatic N) is 2. The van der Waals surface area contributed by atoms with Gasteiger partial charge < -0.3 is 15.1 Å². The molecule has 3 rings (SSSR count). The number of likely N-dealkylation sites (tertiary alicyclic amines) is 2. The Labute approximate surface area is 175 Å². The molecule has 2 aliphatic rings. The van der Waals surface area contributed by atoms with Crippen molar-refractivity contribution in [2.75, 3.05) is 51.3 Å². The highest BCUT2D eigenvalue weighted by molar-refractivity contribution is 7.98. The van der Waals surface area contributed by atoms with Gasteiger partial charge in [0.05, 0.1) is 0 Å². The van der Waals surface area contributed by atoms with Crippen molar-refractivity contribution in [1.29, 1.82) is 0 Å². The summed E-state index contributed by atoms with van der Waals surface area (Å²) in [7, 11) is 0. The van der Waals surface area contributed by atoms with Crippen molar-refractivity contribution in [1.82, 2.24) is 15.1 Å². The third kappa shape index (κ3) is 6.78. The highest BCUT2D eigenvalue weighted by Crippen LogP contribution is 2.24. The lowest BCUT2D eigenvalue weighted by atomic mass is 9.92. The summed E-state index contributed by atoms with van der Waals surface area (Å²) in [6.07, 6.45) is 9.16. The first kappa shape index (κ1) is 21.7. The van der Waals surface area contributed by atoms with Crippen LogP contribution in [0.5, 0.6) is 0 Å². The van der Waals surface area contributed by atoms with E-state index in [2.05, 4.69) is 51.7 Å². The number of rotatable bonds is 9. The van der Waals surface area contributed by atoms with Crippen LogP contribution in [0, 0.1) is 5.92 Å². The molecule has 28 heavy (non-hydrogen) atoms. The van der Waals surface area contributed by atoms with Crippen LogP contribution in [-0.2, 0) is 11.2 Å². The maximum absolute atomic E-state index is 12.3. The third-order valence-corrected chi connectivity index (χ3v) is 6.97. The molecule has 1 N–H and O–H groups in total. The van der Waals surface area contributed by atoms with E-state index in [0.717, 1.165) is 44.3 Å². The first-order valence-corrected chi connectivity index (χ1v) is 12.4. The van der Waals surface area contributed by atoms with Crippen LogP contribution in [0.3, 0.4) is 0 Å². The number of piperidine rings is 2. The van der Waals surface area contributed by atoms with Gasteiger partial charge in [-0.1, -0.05) is 30.3 Å². The maximum Gasteiger partial charge on any atom is 0.223 e. The zero-order valence-corrected chi connectivity index (χ0v) is 18.3. The van der Waals surface area contributed by atoms with Crippen LogP contribution >= 0.6 is 11.8 Å². The van der Waals surface area contributed by atoms with Crippen LogP contribution in [0.1, 0.15) is 37.7 Å². The molecule has 0 bridgehead atoms. The molecule has 0 aliphatic carbocycles. The summed E-state index contributed by atoms with van der Waals surface area (Å²) in [6.45, 7) is 6.69. The molecule has 1 aromatic carbocycles. The summed E-state index contributed by atoms with van der Waals surface area (Å²) in [5.74, 6) is 1.52. The summed E-state index contributed by atoms with van der Waals surface area (Å²) in [4.78, 5) is 17.6. The fraction of sp³-hybridized carbons (Fsp3) is 0.696. The molecule has 0 radical (unpaired) electrons. The van der Waals surface area contributed by atoms with Gasteiger partial charge in [-0.3, -0.25) is 4.79 Å². The molecule has 2 heterocycles.